The van der Waals surface area contributed by atoms with Crippen molar-refractivity contribution in [2.75, 3.05) is 32.6 Å². The summed E-state index contributed by atoms with van der Waals surface area (Å²) in [6.07, 6.45) is 0. The van der Waals surface area contributed by atoms with Crippen LogP contribution in [0.1, 0.15) is 35.5 Å². The van der Waals surface area contributed by atoms with E-state index in [0.29, 0.717) is 29.5 Å². The third-order valence-electron chi connectivity index (χ3n) is 5.16. The van der Waals surface area contributed by atoms with E-state index in [-0.39, 0.29) is 10.8 Å². The number of carbonyl (C=O) groups is 1. The van der Waals surface area contributed by atoms with Gasteiger partial charge in [0.1, 0.15) is 11.5 Å². The minimum absolute atomic E-state index is 0.167. The lowest BCUT2D eigenvalue weighted by molar-refractivity contribution is 0.102. The molecule has 35 heavy (non-hydrogen) atoms. The maximum Gasteiger partial charge on any atom is 0.257 e. The summed E-state index contributed by atoms with van der Waals surface area (Å²) < 4.78 is 37.2. The summed E-state index contributed by atoms with van der Waals surface area (Å²) in [6, 6.07) is 11.7. The number of ether oxygens (including phenoxy) is 2. The highest BCUT2D eigenvalue weighted by molar-refractivity contribution is 7.97. The Balaban J connectivity index is 1.56. The molecule has 1 heterocycles. The Labute approximate surface area is 214 Å². The number of aromatic nitrogens is 1. The normalized spacial score (nSPS) is 11.5. The van der Waals surface area contributed by atoms with Crippen LogP contribution in [0.15, 0.2) is 52.7 Å². The summed E-state index contributed by atoms with van der Waals surface area (Å²) in [5.41, 5.74) is 2.31. The van der Waals surface area contributed by atoms with Gasteiger partial charge in [-0.1, -0.05) is 13.8 Å². The van der Waals surface area contributed by atoms with Gasteiger partial charge in [0.2, 0.25) is 10.0 Å². The molecule has 0 bridgehead atoms. The van der Waals surface area contributed by atoms with Crippen molar-refractivity contribution < 1.29 is 22.7 Å². The van der Waals surface area contributed by atoms with Gasteiger partial charge in [-0.05, 0) is 42.0 Å². The maximum atomic E-state index is 12.6. The highest BCUT2D eigenvalue weighted by Gasteiger charge is 2.21. The van der Waals surface area contributed by atoms with Gasteiger partial charge in [-0.25, -0.2) is 13.4 Å². The van der Waals surface area contributed by atoms with Crippen LogP contribution < -0.4 is 14.8 Å². The van der Waals surface area contributed by atoms with Gasteiger partial charge in [0.15, 0.2) is 5.13 Å². The molecule has 0 saturated carbocycles. The Morgan fingerprint density at radius 3 is 2.23 bits per heavy atom. The van der Waals surface area contributed by atoms with Crippen LogP contribution in [0.3, 0.4) is 0 Å². The first kappa shape index (κ1) is 27.0. The van der Waals surface area contributed by atoms with Crippen LogP contribution in [0.2, 0.25) is 0 Å². The molecule has 1 amide bonds. The van der Waals surface area contributed by atoms with E-state index < -0.39 is 10.0 Å². The lowest BCUT2D eigenvalue weighted by Gasteiger charge is -2.18. The van der Waals surface area contributed by atoms with Crippen molar-refractivity contribution in [2.45, 2.75) is 30.2 Å². The number of hydrogen-bond donors (Lipinski definition) is 1. The van der Waals surface area contributed by atoms with Gasteiger partial charge in [0, 0.05) is 41.6 Å². The molecule has 0 aliphatic rings. The molecule has 0 radical (unpaired) electrons. The second kappa shape index (κ2) is 12.4. The van der Waals surface area contributed by atoms with E-state index in [1.807, 2.05) is 23.6 Å². The van der Waals surface area contributed by atoms with Gasteiger partial charge in [-0.15, -0.1) is 11.3 Å². The number of methoxy groups -OCH3 is 2. The van der Waals surface area contributed by atoms with Gasteiger partial charge in [0.25, 0.3) is 5.91 Å². The van der Waals surface area contributed by atoms with E-state index in [0.717, 1.165) is 28.5 Å². The Hall–Kier alpha value is -2.60. The maximum absolute atomic E-state index is 12.6. The molecule has 1 aromatic heterocycles. The number of anilines is 1. The van der Waals surface area contributed by atoms with Gasteiger partial charge in [0.05, 0.1) is 24.8 Å². The molecular weight excluding hydrogens is 506 g/mol. The van der Waals surface area contributed by atoms with Crippen LogP contribution >= 0.6 is 23.1 Å². The highest BCUT2D eigenvalue weighted by atomic mass is 32.2. The zero-order valence-electron chi connectivity index (χ0n) is 20.1. The molecule has 2 aromatic carbocycles. The summed E-state index contributed by atoms with van der Waals surface area (Å²) in [5.74, 6) is 2.60. The first-order valence-corrected chi connectivity index (χ1v) is 14.4. The van der Waals surface area contributed by atoms with Crippen molar-refractivity contribution >= 4 is 44.2 Å². The quantitative estimate of drug-likeness (QED) is 0.353. The molecular formula is C24H29N3O5S3. The molecule has 0 atom stereocenters. The third kappa shape index (κ3) is 6.97. The molecule has 11 heteroatoms. The molecule has 3 aromatic rings. The van der Waals surface area contributed by atoms with Crippen LogP contribution in [-0.2, 0) is 21.5 Å². The smallest absolute Gasteiger partial charge is 0.257 e. The Bertz CT molecular complexity index is 1220. The Kier molecular flexibility index (Phi) is 9.55. The number of thiazole rings is 1. The second-order valence-electron chi connectivity index (χ2n) is 7.43. The Morgan fingerprint density at radius 2 is 1.66 bits per heavy atom. The Morgan fingerprint density at radius 1 is 1.03 bits per heavy atom. The molecule has 188 valence electrons. The van der Waals surface area contributed by atoms with E-state index in [1.165, 1.54) is 39.9 Å². The summed E-state index contributed by atoms with van der Waals surface area (Å²) in [7, 11) is -0.312. The number of amides is 1. The fourth-order valence-electron chi connectivity index (χ4n) is 3.31. The van der Waals surface area contributed by atoms with Crippen molar-refractivity contribution in [2.24, 2.45) is 0 Å². The van der Waals surface area contributed by atoms with Crippen LogP contribution in [0.25, 0.3) is 0 Å². The highest BCUT2D eigenvalue weighted by Crippen LogP contribution is 2.27. The topological polar surface area (TPSA) is 97.8 Å². The molecule has 0 unspecified atom stereocenters. The monoisotopic (exact) mass is 535 g/mol. The van der Waals surface area contributed by atoms with Gasteiger partial charge in [-0.3, -0.25) is 10.1 Å². The molecule has 0 aliphatic heterocycles. The number of rotatable bonds is 12. The van der Waals surface area contributed by atoms with Gasteiger partial charge < -0.3 is 9.47 Å². The van der Waals surface area contributed by atoms with E-state index in [1.54, 1.807) is 39.8 Å². The van der Waals surface area contributed by atoms with Crippen molar-refractivity contribution in [1.29, 1.82) is 0 Å². The predicted octanol–water partition coefficient (Wildman–Crippen LogP) is 4.88. The SMILES string of the molecule is CCN(CC)S(=O)(=O)c1ccc(C(=O)Nc2nc(CSCc3cc(OC)cc(OC)c3)cs2)cc1. The summed E-state index contributed by atoms with van der Waals surface area (Å²) in [4.78, 5) is 17.3. The average Bonchev–Trinajstić information content (AvgIpc) is 3.31. The van der Waals surface area contributed by atoms with Crippen molar-refractivity contribution in [3.05, 3.63) is 64.7 Å². The molecule has 0 fully saturated rings. The number of sulfonamides is 1. The fraction of sp³-hybridized carbons (Fsp3) is 0.333. The standard InChI is InChI=1S/C24H29N3O5S3/c1-5-27(6-2)35(29,30)22-9-7-18(8-10-22)23(28)26-24-25-19(16-34-24)15-33-14-17-11-20(31-3)13-21(12-17)32-4/h7-13,16H,5-6,14-15H2,1-4H3,(H,25,26,28). The summed E-state index contributed by atoms with van der Waals surface area (Å²) in [5, 5.41) is 5.19. The number of carbonyl (C=O) groups excluding carboxylic acids is 1. The molecule has 0 saturated heterocycles. The zero-order chi connectivity index (χ0) is 25.4. The predicted molar refractivity (Wildman–Crippen MR) is 141 cm³/mol. The second-order valence-corrected chi connectivity index (χ2v) is 11.2. The minimum atomic E-state index is -3.56. The number of benzene rings is 2. The largest absolute Gasteiger partial charge is 0.497 e. The number of hydrogen-bond acceptors (Lipinski definition) is 8. The third-order valence-corrected chi connectivity index (χ3v) is 9.07. The van der Waals surface area contributed by atoms with E-state index in [4.69, 9.17) is 9.47 Å². The van der Waals surface area contributed by atoms with Crippen LogP contribution in [0.5, 0.6) is 11.5 Å². The molecule has 1 N–H and O–H groups in total. The minimum Gasteiger partial charge on any atom is -0.497 e. The van der Waals surface area contributed by atoms with E-state index in [9.17, 15) is 13.2 Å². The number of thioether (sulfide) groups is 1. The van der Waals surface area contributed by atoms with Crippen molar-refractivity contribution in [1.82, 2.24) is 9.29 Å². The van der Waals surface area contributed by atoms with Gasteiger partial charge in [-0.2, -0.15) is 16.1 Å². The summed E-state index contributed by atoms with van der Waals surface area (Å²) >= 11 is 3.04. The van der Waals surface area contributed by atoms with Crippen molar-refractivity contribution in [3.8, 4) is 11.5 Å². The molecule has 0 aliphatic carbocycles. The molecule has 3 rings (SSSR count). The number of nitrogens with one attached hydrogen (secondary N) is 1. The van der Waals surface area contributed by atoms with E-state index >= 15 is 0 Å². The van der Waals surface area contributed by atoms with Crippen LogP contribution in [-0.4, -0.2) is 50.9 Å². The average molecular weight is 536 g/mol. The number of nitrogens with zero attached hydrogens (tertiary/aromatic N) is 2. The zero-order valence-corrected chi connectivity index (χ0v) is 22.6. The fourth-order valence-corrected chi connectivity index (χ4v) is 6.44. The first-order valence-electron chi connectivity index (χ1n) is 11.0. The lowest BCUT2D eigenvalue weighted by atomic mass is 10.2. The van der Waals surface area contributed by atoms with Crippen LogP contribution in [0.4, 0.5) is 5.13 Å². The lowest BCUT2D eigenvalue weighted by Crippen LogP contribution is -2.30. The first-order chi connectivity index (χ1) is 16.8. The summed E-state index contributed by atoms with van der Waals surface area (Å²) in [6.45, 7) is 4.36. The molecule has 0 spiro atoms. The van der Waals surface area contributed by atoms with E-state index in [2.05, 4.69) is 10.3 Å². The van der Waals surface area contributed by atoms with Crippen molar-refractivity contribution in [3.63, 3.8) is 0 Å². The van der Waals surface area contributed by atoms with Gasteiger partial charge >= 0.3 is 0 Å². The van der Waals surface area contributed by atoms with Crippen LogP contribution in [0, 0.1) is 0 Å². The molecule has 8 nitrogen and oxygen atoms in total.